The van der Waals surface area contributed by atoms with E-state index in [2.05, 4.69) is 26.1 Å². The van der Waals surface area contributed by atoms with Crippen LogP contribution in [-0.4, -0.2) is 34.2 Å². The zero-order valence-corrected chi connectivity index (χ0v) is 12.9. The molecule has 0 bridgehead atoms. The minimum atomic E-state index is -1.91. The van der Waals surface area contributed by atoms with Crippen LogP contribution in [0.25, 0.3) is 0 Å². The van der Waals surface area contributed by atoms with Crippen molar-refractivity contribution in [2.45, 2.75) is 59.0 Å². The van der Waals surface area contributed by atoms with Gasteiger partial charge in [0.1, 0.15) is 0 Å². The zero-order chi connectivity index (χ0) is 15.6. The van der Waals surface area contributed by atoms with Gasteiger partial charge in [-0.15, -0.1) is 0 Å². The van der Waals surface area contributed by atoms with Crippen LogP contribution in [0.2, 0.25) is 0 Å². The molecule has 1 saturated carbocycles. The summed E-state index contributed by atoms with van der Waals surface area (Å²) >= 11 is 0. The van der Waals surface area contributed by atoms with Gasteiger partial charge in [0.05, 0.1) is 6.54 Å². The van der Waals surface area contributed by atoms with Crippen LogP contribution in [0.1, 0.15) is 53.4 Å². The monoisotopic (exact) mass is 285 g/mol. The molecule has 3 N–H and O–H groups in total. The molecule has 1 fully saturated rings. The van der Waals surface area contributed by atoms with Crippen molar-refractivity contribution in [3.05, 3.63) is 0 Å². The van der Waals surface area contributed by atoms with E-state index in [-0.39, 0.29) is 17.9 Å². The number of rotatable bonds is 5. The highest BCUT2D eigenvalue weighted by molar-refractivity contribution is 5.80. The largest absolute Gasteiger partial charge is 0.479 e. The number of carboxylic acids is 1. The third-order valence-corrected chi connectivity index (χ3v) is 4.04. The van der Waals surface area contributed by atoms with Crippen LogP contribution in [0.15, 0.2) is 0 Å². The maximum atomic E-state index is 11.9. The quantitative estimate of drug-likeness (QED) is 0.718. The number of aliphatic carboxylic acids is 1. The van der Waals surface area contributed by atoms with E-state index in [4.69, 9.17) is 5.11 Å². The number of aliphatic hydroxyl groups is 1. The maximum Gasteiger partial charge on any atom is 0.337 e. The second kappa shape index (κ2) is 6.12. The molecule has 0 aromatic rings. The Balaban J connectivity index is 2.45. The average molecular weight is 285 g/mol. The van der Waals surface area contributed by atoms with Gasteiger partial charge in [0.15, 0.2) is 5.60 Å². The van der Waals surface area contributed by atoms with Crippen molar-refractivity contribution in [3.63, 3.8) is 0 Å². The van der Waals surface area contributed by atoms with Gasteiger partial charge in [0.25, 0.3) is 0 Å². The van der Waals surface area contributed by atoms with Crippen molar-refractivity contribution in [1.82, 2.24) is 5.32 Å². The molecule has 0 aliphatic heterocycles. The highest BCUT2D eigenvalue weighted by atomic mass is 16.4. The molecule has 3 unspecified atom stereocenters. The Bertz CT molecular complexity index is 376. The Kier molecular flexibility index (Phi) is 5.19. The molecule has 0 aromatic heterocycles. The summed E-state index contributed by atoms with van der Waals surface area (Å²) in [6.45, 7) is 7.58. The summed E-state index contributed by atoms with van der Waals surface area (Å²) in [5.74, 6) is -0.561. The summed E-state index contributed by atoms with van der Waals surface area (Å²) in [5, 5.41) is 20.9. The first-order valence-electron chi connectivity index (χ1n) is 7.24. The van der Waals surface area contributed by atoms with Crippen LogP contribution >= 0.6 is 0 Å². The van der Waals surface area contributed by atoms with Crippen LogP contribution < -0.4 is 5.32 Å². The fourth-order valence-corrected chi connectivity index (χ4v) is 3.38. The lowest BCUT2D eigenvalue weighted by molar-refractivity contribution is -0.156. The third kappa shape index (κ3) is 5.12. The van der Waals surface area contributed by atoms with Crippen molar-refractivity contribution < 1.29 is 19.8 Å². The fourth-order valence-electron chi connectivity index (χ4n) is 3.38. The molecule has 1 rings (SSSR count). The standard InChI is InChI=1S/C15H27NO4/c1-10-5-11(8-14(2,3)7-10)6-12(17)16-9-15(4,20)13(18)19/h10-11,20H,5-9H2,1-4H3,(H,16,17)(H,18,19). The highest BCUT2D eigenvalue weighted by Gasteiger charge is 2.34. The van der Waals surface area contributed by atoms with Gasteiger partial charge in [-0.05, 0) is 43.4 Å². The van der Waals surface area contributed by atoms with Crippen LogP contribution in [0.4, 0.5) is 0 Å². The molecule has 1 aliphatic carbocycles. The van der Waals surface area contributed by atoms with Gasteiger partial charge in [-0.25, -0.2) is 4.79 Å². The predicted molar refractivity (Wildman–Crippen MR) is 76.2 cm³/mol. The van der Waals surface area contributed by atoms with E-state index in [1.807, 2.05) is 0 Å². The van der Waals surface area contributed by atoms with E-state index in [1.54, 1.807) is 0 Å². The maximum absolute atomic E-state index is 11.9. The van der Waals surface area contributed by atoms with Crippen molar-refractivity contribution >= 4 is 11.9 Å². The Morgan fingerprint density at radius 3 is 2.45 bits per heavy atom. The van der Waals surface area contributed by atoms with E-state index in [9.17, 15) is 14.7 Å². The average Bonchev–Trinajstić information content (AvgIpc) is 2.23. The fraction of sp³-hybridized carbons (Fsp3) is 0.867. The molecule has 1 amide bonds. The minimum absolute atomic E-state index is 0.179. The van der Waals surface area contributed by atoms with Gasteiger partial charge in [0.2, 0.25) is 5.91 Å². The SMILES string of the molecule is CC1CC(CC(=O)NCC(C)(O)C(=O)O)CC(C)(C)C1. The lowest BCUT2D eigenvalue weighted by atomic mass is 9.67. The van der Waals surface area contributed by atoms with Gasteiger partial charge < -0.3 is 15.5 Å². The van der Waals surface area contributed by atoms with Crippen LogP contribution in [-0.2, 0) is 9.59 Å². The van der Waals surface area contributed by atoms with Crippen molar-refractivity contribution in [3.8, 4) is 0 Å². The summed E-state index contributed by atoms with van der Waals surface area (Å²) in [4.78, 5) is 22.6. The molecule has 5 nitrogen and oxygen atoms in total. The molecular formula is C15H27NO4. The molecule has 0 radical (unpaired) electrons. The first-order chi connectivity index (χ1) is 9.02. The van der Waals surface area contributed by atoms with E-state index < -0.39 is 11.6 Å². The van der Waals surface area contributed by atoms with E-state index in [0.717, 1.165) is 12.8 Å². The second-order valence-electron chi connectivity index (χ2n) is 7.34. The molecule has 5 heteroatoms. The summed E-state index contributed by atoms with van der Waals surface area (Å²) in [7, 11) is 0. The number of carbonyl (C=O) groups is 2. The van der Waals surface area contributed by atoms with Gasteiger partial charge >= 0.3 is 5.97 Å². The van der Waals surface area contributed by atoms with Crippen molar-refractivity contribution in [2.75, 3.05) is 6.54 Å². The highest BCUT2D eigenvalue weighted by Crippen LogP contribution is 2.42. The summed E-state index contributed by atoms with van der Waals surface area (Å²) in [6, 6.07) is 0. The summed E-state index contributed by atoms with van der Waals surface area (Å²) in [6.07, 6.45) is 3.63. The first-order valence-corrected chi connectivity index (χ1v) is 7.24. The summed E-state index contributed by atoms with van der Waals surface area (Å²) < 4.78 is 0. The molecule has 0 spiro atoms. The first kappa shape index (κ1) is 17.0. The number of carbonyl (C=O) groups excluding carboxylic acids is 1. The van der Waals surface area contributed by atoms with Crippen LogP contribution in [0.5, 0.6) is 0 Å². The molecule has 1 aliphatic rings. The number of amides is 1. The molecule has 0 aromatic carbocycles. The summed E-state index contributed by atoms with van der Waals surface area (Å²) in [5.41, 5.74) is -1.65. The Labute approximate surface area is 120 Å². The van der Waals surface area contributed by atoms with E-state index in [1.165, 1.54) is 13.3 Å². The van der Waals surface area contributed by atoms with Gasteiger partial charge in [-0.2, -0.15) is 0 Å². The van der Waals surface area contributed by atoms with E-state index in [0.29, 0.717) is 18.3 Å². The molecule has 0 heterocycles. The Hall–Kier alpha value is -1.10. The molecule has 0 saturated heterocycles. The smallest absolute Gasteiger partial charge is 0.337 e. The molecular weight excluding hydrogens is 258 g/mol. The number of hydrogen-bond acceptors (Lipinski definition) is 3. The second-order valence-corrected chi connectivity index (χ2v) is 7.34. The minimum Gasteiger partial charge on any atom is -0.479 e. The van der Waals surface area contributed by atoms with E-state index >= 15 is 0 Å². The Morgan fingerprint density at radius 1 is 1.35 bits per heavy atom. The molecule has 3 atom stereocenters. The molecule has 116 valence electrons. The van der Waals surface area contributed by atoms with Crippen LogP contribution in [0.3, 0.4) is 0 Å². The van der Waals surface area contributed by atoms with Gasteiger partial charge in [-0.3, -0.25) is 4.79 Å². The zero-order valence-electron chi connectivity index (χ0n) is 12.9. The number of carboxylic acid groups (broad SMARTS) is 1. The predicted octanol–water partition coefficient (Wildman–Crippen LogP) is 1.79. The Morgan fingerprint density at radius 2 is 1.95 bits per heavy atom. The van der Waals surface area contributed by atoms with Crippen molar-refractivity contribution in [1.29, 1.82) is 0 Å². The topological polar surface area (TPSA) is 86.6 Å². The normalized spacial score (nSPS) is 28.4. The lowest BCUT2D eigenvalue weighted by Crippen LogP contribution is -2.47. The lowest BCUT2D eigenvalue weighted by Gasteiger charge is -2.38. The molecule has 20 heavy (non-hydrogen) atoms. The van der Waals surface area contributed by atoms with Gasteiger partial charge in [0, 0.05) is 6.42 Å². The number of nitrogens with one attached hydrogen (secondary N) is 1. The van der Waals surface area contributed by atoms with Crippen LogP contribution in [0, 0.1) is 17.3 Å². The number of hydrogen-bond donors (Lipinski definition) is 3. The van der Waals surface area contributed by atoms with Gasteiger partial charge in [-0.1, -0.05) is 20.8 Å². The van der Waals surface area contributed by atoms with Crippen molar-refractivity contribution in [2.24, 2.45) is 17.3 Å². The third-order valence-electron chi connectivity index (χ3n) is 4.04.